The molecule has 7 nitrogen and oxygen atoms in total. The third kappa shape index (κ3) is 3.60. The Morgan fingerprint density at radius 3 is 2.93 bits per heavy atom. The van der Waals surface area contributed by atoms with Gasteiger partial charge in [-0.15, -0.1) is 0 Å². The molecule has 2 aliphatic rings. The van der Waals surface area contributed by atoms with Crippen LogP contribution in [0.1, 0.15) is 42.1 Å². The van der Waals surface area contributed by atoms with Crippen molar-refractivity contribution < 1.29 is 9.72 Å². The van der Waals surface area contributed by atoms with E-state index in [1.807, 2.05) is 0 Å². The SMILES string of the molecule is CC(C)(CNC(=O)c1cccnc1)C1Nc2ccc([N+](=O)[O-])cc2C2C=CCC21. The normalized spacial score (nSPS) is 22.3. The summed E-state index contributed by atoms with van der Waals surface area (Å²) in [6.45, 7) is 4.78. The van der Waals surface area contributed by atoms with Crippen molar-refractivity contribution >= 4 is 17.3 Å². The van der Waals surface area contributed by atoms with Crippen molar-refractivity contribution in [2.45, 2.75) is 32.2 Å². The molecule has 1 amide bonds. The number of non-ortho nitro benzene ring substituents is 1. The van der Waals surface area contributed by atoms with Gasteiger partial charge >= 0.3 is 0 Å². The second kappa shape index (κ2) is 7.31. The number of carbonyl (C=O) groups is 1. The smallest absolute Gasteiger partial charge is 0.269 e. The topological polar surface area (TPSA) is 97.2 Å². The highest BCUT2D eigenvalue weighted by atomic mass is 16.6. The van der Waals surface area contributed by atoms with Crippen LogP contribution in [0.15, 0.2) is 54.9 Å². The number of amides is 1. The molecule has 0 saturated carbocycles. The van der Waals surface area contributed by atoms with Crippen LogP contribution in [0.5, 0.6) is 0 Å². The molecule has 4 rings (SSSR count). The minimum atomic E-state index is -0.349. The van der Waals surface area contributed by atoms with Gasteiger partial charge in [0.15, 0.2) is 0 Å². The Hall–Kier alpha value is -3.22. The van der Waals surface area contributed by atoms with E-state index in [9.17, 15) is 14.9 Å². The molecule has 0 fully saturated rings. The van der Waals surface area contributed by atoms with Gasteiger partial charge in [-0.2, -0.15) is 0 Å². The first-order valence-electron chi connectivity index (χ1n) is 9.76. The third-order valence-corrected chi connectivity index (χ3v) is 6.03. The molecule has 0 saturated heterocycles. The van der Waals surface area contributed by atoms with E-state index in [0.29, 0.717) is 12.1 Å². The van der Waals surface area contributed by atoms with Gasteiger partial charge in [-0.3, -0.25) is 19.9 Å². The summed E-state index contributed by atoms with van der Waals surface area (Å²) in [4.78, 5) is 27.3. The first kappa shape index (κ1) is 19.1. The third-order valence-electron chi connectivity index (χ3n) is 6.03. The zero-order valence-electron chi connectivity index (χ0n) is 16.5. The fraction of sp³-hybridized carbons (Fsp3) is 0.364. The molecule has 1 aliphatic heterocycles. The number of nitrogens with zero attached hydrogens (tertiary/aromatic N) is 2. The molecule has 3 atom stereocenters. The van der Waals surface area contributed by atoms with Crippen molar-refractivity contribution in [2.75, 3.05) is 11.9 Å². The monoisotopic (exact) mass is 392 g/mol. The van der Waals surface area contributed by atoms with E-state index in [-0.39, 0.29) is 39.8 Å². The molecule has 2 N–H and O–H groups in total. The molecule has 7 heteroatoms. The number of rotatable bonds is 5. The van der Waals surface area contributed by atoms with Crippen LogP contribution in [0.2, 0.25) is 0 Å². The zero-order chi connectivity index (χ0) is 20.6. The average Bonchev–Trinajstić information content (AvgIpc) is 3.21. The minimum Gasteiger partial charge on any atom is -0.381 e. The molecule has 1 aliphatic carbocycles. The lowest BCUT2D eigenvalue weighted by Gasteiger charge is -2.45. The number of carbonyl (C=O) groups excluding carboxylic acids is 1. The molecule has 3 unspecified atom stereocenters. The molecular weight excluding hydrogens is 368 g/mol. The first-order chi connectivity index (χ1) is 13.9. The van der Waals surface area contributed by atoms with E-state index < -0.39 is 0 Å². The van der Waals surface area contributed by atoms with E-state index in [2.05, 4.69) is 41.6 Å². The summed E-state index contributed by atoms with van der Waals surface area (Å²) in [5.74, 6) is 0.290. The Balaban J connectivity index is 1.55. The van der Waals surface area contributed by atoms with Crippen LogP contribution in [0.3, 0.4) is 0 Å². The number of benzene rings is 1. The van der Waals surface area contributed by atoms with Crippen molar-refractivity contribution in [1.29, 1.82) is 0 Å². The molecule has 2 aromatic rings. The quantitative estimate of drug-likeness (QED) is 0.457. The van der Waals surface area contributed by atoms with Crippen LogP contribution in [0, 0.1) is 21.4 Å². The second-order valence-electron chi connectivity index (χ2n) is 8.42. The van der Waals surface area contributed by atoms with Crippen LogP contribution in [-0.2, 0) is 0 Å². The summed E-state index contributed by atoms with van der Waals surface area (Å²) in [6.07, 6.45) is 8.42. The molecule has 2 heterocycles. The van der Waals surface area contributed by atoms with Crippen LogP contribution < -0.4 is 10.6 Å². The van der Waals surface area contributed by atoms with E-state index in [1.165, 1.54) is 0 Å². The number of anilines is 1. The zero-order valence-corrected chi connectivity index (χ0v) is 16.5. The summed E-state index contributed by atoms with van der Waals surface area (Å²) in [7, 11) is 0. The maximum atomic E-state index is 12.5. The average molecular weight is 392 g/mol. The highest BCUT2D eigenvalue weighted by Crippen LogP contribution is 2.49. The maximum absolute atomic E-state index is 12.5. The van der Waals surface area contributed by atoms with Crippen molar-refractivity contribution in [3.63, 3.8) is 0 Å². The predicted octanol–water partition coefficient (Wildman–Crippen LogP) is 3.90. The van der Waals surface area contributed by atoms with Crippen LogP contribution in [0.25, 0.3) is 0 Å². The van der Waals surface area contributed by atoms with E-state index >= 15 is 0 Å². The Morgan fingerprint density at radius 1 is 1.38 bits per heavy atom. The lowest BCUT2D eigenvalue weighted by molar-refractivity contribution is -0.384. The van der Waals surface area contributed by atoms with Gasteiger partial charge in [0.2, 0.25) is 0 Å². The molecule has 0 radical (unpaired) electrons. The van der Waals surface area contributed by atoms with Gasteiger partial charge in [0, 0.05) is 54.1 Å². The van der Waals surface area contributed by atoms with E-state index in [0.717, 1.165) is 17.7 Å². The van der Waals surface area contributed by atoms with Crippen molar-refractivity contribution in [1.82, 2.24) is 10.3 Å². The number of aromatic nitrogens is 1. The fourth-order valence-electron chi connectivity index (χ4n) is 4.49. The summed E-state index contributed by atoms with van der Waals surface area (Å²) in [5, 5.41) is 17.8. The van der Waals surface area contributed by atoms with Gasteiger partial charge in [-0.1, -0.05) is 26.0 Å². The van der Waals surface area contributed by atoms with Crippen molar-refractivity contribution in [2.24, 2.45) is 11.3 Å². The molecule has 1 aromatic heterocycles. The van der Waals surface area contributed by atoms with E-state index in [4.69, 9.17) is 0 Å². The summed E-state index contributed by atoms with van der Waals surface area (Å²) in [5.41, 5.74) is 2.33. The molecule has 29 heavy (non-hydrogen) atoms. The first-order valence-corrected chi connectivity index (χ1v) is 9.76. The van der Waals surface area contributed by atoms with Gasteiger partial charge < -0.3 is 10.6 Å². The summed E-state index contributed by atoms with van der Waals surface area (Å²) >= 11 is 0. The number of pyridine rings is 1. The highest BCUT2D eigenvalue weighted by molar-refractivity contribution is 5.93. The minimum absolute atomic E-state index is 0.116. The molecule has 1 aromatic carbocycles. The number of nitro groups is 1. The predicted molar refractivity (Wildman–Crippen MR) is 111 cm³/mol. The van der Waals surface area contributed by atoms with Crippen molar-refractivity contribution in [3.05, 3.63) is 76.1 Å². The van der Waals surface area contributed by atoms with Crippen LogP contribution in [-0.4, -0.2) is 28.4 Å². The Morgan fingerprint density at radius 2 is 2.21 bits per heavy atom. The molecule has 150 valence electrons. The molecular formula is C22H24N4O3. The van der Waals surface area contributed by atoms with Crippen LogP contribution in [0.4, 0.5) is 11.4 Å². The Kier molecular flexibility index (Phi) is 4.82. The van der Waals surface area contributed by atoms with Crippen molar-refractivity contribution in [3.8, 4) is 0 Å². The lowest BCUT2D eigenvalue weighted by Crippen LogP contribution is -2.51. The molecule has 0 bridgehead atoms. The maximum Gasteiger partial charge on any atom is 0.269 e. The summed E-state index contributed by atoms with van der Waals surface area (Å²) < 4.78 is 0. The lowest BCUT2D eigenvalue weighted by atomic mass is 9.69. The summed E-state index contributed by atoms with van der Waals surface area (Å²) in [6, 6.07) is 8.63. The second-order valence-corrected chi connectivity index (χ2v) is 8.42. The standard InChI is InChI=1S/C22H24N4O3/c1-22(2,13-24-21(27)14-5-4-10-23-12-14)20-17-7-3-6-16(17)18-11-15(26(28)29)8-9-19(18)25-20/h3-6,8-12,16-17,20,25H,7,13H2,1-2H3,(H,24,27). The van der Waals surface area contributed by atoms with E-state index in [1.54, 1.807) is 42.7 Å². The Labute approximate surface area is 169 Å². The van der Waals surface area contributed by atoms with Gasteiger partial charge in [0.05, 0.1) is 10.5 Å². The number of fused-ring (bicyclic) bond motifs is 3. The largest absolute Gasteiger partial charge is 0.381 e. The van der Waals surface area contributed by atoms with Gasteiger partial charge in [-0.25, -0.2) is 0 Å². The number of hydrogen-bond donors (Lipinski definition) is 2. The van der Waals surface area contributed by atoms with Gasteiger partial charge in [0.1, 0.15) is 0 Å². The van der Waals surface area contributed by atoms with Gasteiger partial charge in [0.25, 0.3) is 11.6 Å². The number of allylic oxidation sites excluding steroid dienone is 2. The number of hydrogen-bond acceptors (Lipinski definition) is 5. The fourth-order valence-corrected chi connectivity index (χ4v) is 4.49. The highest BCUT2D eigenvalue weighted by Gasteiger charge is 2.44. The number of nitrogens with one attached hydrogen (secondary N) is 2. The van der Waals surface area contributed by atoms with Crippen LogP contribution >= 0.6 is 0 Å². The van der Waals surface area contributed by atoms with Gasteiger partial charge in [-0.05, 0) is 36.1 Å². The Bertz CT molecular complexity index is 971. The number of nitro benzene ring substituents is 1. The molecule has 0 spiro atoms.